The summed E-state index contributed by atoms with van der Waals surface area (Å²) < 4.78 is 5.20. The Morgan fingerprint density at radius 2 is 2.09 bits per heavy atom. The summed E-state index contributed by atoms with van der Waals surface area (Å²) in [6, 6.07) is 5.89. The van der Waals surface area contributed by atoms with Crippen molar-refractivity contribution in [3.63, 3.8) is 0 Å². The number of hydrogen-bond donors (Lipinski definition) is 0. The number of aryl methyl sites for hydroxylation is 1. The standard InChI is InChI=1S/C9H7ClO/c1-6-2-3-7-4-5-11-9(7)8(6)10/h2-5H,1H3. The van der Waals surface area contributed by atoms with E-state index in [1.54, 1.807) is 6.26 Å². The van der Waals surface area contributed by atoms with Crippen LogP contribution in [0, 0.1) is 6.92 Å². The minimum Gasteiger partial charge on any atom is -0.463 e. The van der Waals surface area contributed by atoms with Crippen LogP contribution >= 0.6 is 11.6 Å². The van der Waals surface area contributed by atoms with Gasteiger partial charge in [0.1, 0.15) is 0 Å². The van der Waals surface area contributed by atoms with Crippen molar-refractivity contribution >= 4 is 22.6 Å². The fourth-order valence-electron chi connectivity index (χ4n) is 1.10. The van der Waals surface area contributed by atoms with Crippen molar-refractivity contribution in [3.8, 4) is 0 Å². The normalized spacial score (nSPS) is 10.7. The maximum Gasteiger partial charge on any atom is 0.152 e. The van der Waals surface area contributed by atoms with Gasteiger partial charge >= 0.3 is 0 Å². The van der Waals surface area contributed by atoms with Crippen LogP contribution in [-0.2, 0) is 0 Å². The first-order valence-corrected chi connectivity index (χ1v) is 3.79. The molecule has 0 spiro atoms. The van der Waals surface area contributed by atoms with Gasteiger partial charge in [-0.3, -0.25) is 0 Å². The van der Waals surface area contributed by atoms with Gasteiger partial charge in [0.25, 0.3) is 0 Å². The summed E-state index contributed by atoms with van der Waals surface area (Å²) in [4.78, 5) is 0. The molecule has 1 aromatic heterocycles. The van der Waals surface area contributed by atoms with Gasteiger partial charge in [0.2, 0.25) is 0 Å². The third-order valence-electron chi connectivity index (χ3n) is 1.75. The monoisotopic (exact) mass is 166 g/mol. The second-order valence-electron chi connectivity index (χ2n) is 2.54. The van der Waals surface area contributed by atoms with Gasteiger partial charge in [-0.15, -0.1) is 0 Å². The molecule has 0 radical (unpaired) electrons. The molecule has 0 atom stereocenters. The van der Waals surface area contributed by atoms with Crippen LogP contribution in [0.3, 0.4) is 0 Å². The zero-order valence-corrected chi connectivity index (χ0v) is 6.85. The van der Waals surface area contributed by atoms with E-state index in [4.69, 9.17) is 16.0 Å². The second kappa shape index (κ2) is 2.28. The topological polar surface area (TPSA) is 13.1 Å². The van der Waals surface area contributed by atoms with Crippen molar-refractivity contribution in [1.82, 2.24) is 0 Å². The van der Waals surface area contributed by atoms with E-state index in [0.29, 0.717) is 5.02 Å². The summed E-state index contributed by atoms with van der Waals surface area (Å²) >= 11 is 5.97. The molecule has 0 saturated carbocycles. The molecule has 0 unspecified atom stereocenters. The average molecular weight is 167 g/mol. The van der Waals surface area contributed by atoms with Crippen LogP contribution in [0.5, 0.6) is 0 Å². The smallest absolute Gasteiger partial charge is 0.152 e. The molecule has 11 heavy (non-hydrogen) atoms. The highest BCUT2D eigenvalue weighted by molar-refractivity contribution is 6.35. The predicted octanol–water partition coefficient (Wildman–Crippen LogP) is 3.39. The molecule has 0 aliphatic rings. The van der Waals surface area contributed by atoms with E-state index in [1.807, 2.05) is 25.1 Å². The third-order valence-corrected chi connectivity index (χ3v) is 2.22. The molecule has 2 aromatic rings. The van der Waals surface area contributed by atoms with Crippen LogP contribution < -0.4 is 0 Å². The van der Waals surface area contributed by atoms with Crippen LogP contribution in [0.15, 0.2) is 28.9 Å². The van der Waals surface area contributed by atoms with Crippen LogP contribution in [-0.4, -0.2) is 0 Å². The van der Waals surface area contributed by atoms with Crippen molar-refractivity contribution < 1.29 is 4.42 Å². The summed E-state index contributed by atoms with van der Waals surface area (Å²) in [5.41, 5.74) is 1.83. The lowest BCUT2D eigenvalue weighted by Crippen LogP contribution is -1.73. The van der Waals surface area contributed by atoms with Gasteiger partial charge in [0.05, 0.1) is 11.3 Å². The lowest BCUT2D eigenvalue weighted by atomic mass is 10.2. The first kappa shape index (κ1) is 6.74. The molecule has 0 saturated heterocycles. The van der Waals surface area contributed by atoms with E-state index < -0.39 is 0 Å². The highest BCUT2D eigenvalue weighted by atomic mass is 35.5. The summed E-state index contributed by atoms with van der Waals surface area (Å²) in [6.07, 6.45) is 1.65. The molecule has 0 aliphatic carbocycles. The van der Waals surface area contributed by atoms with Gasteiger partial charge in [-0.1, -0.05) is 23.7 Å². The van der Waals surface area contributed by atoms with E-state index in [0.717, 1.165) is 16.5 Å². The fourth-order valence-corrected chi connectivity index (χ4v) is 1.31. The summed E-state index contributed by atoms with van der Waals surface area (Å²) in [7, 11) is 0. The van der Waals surface area contributed by atoms with Crippen molar-refractivity contribution in [1.29, 1.82) is 0 Å². The van der Waals surface area contributed by atoms with E-state index >= 15 is 0 Å². The molecule has 2 heteroatoms. The Kier molecular flexibility index (Phi) is 1.40. The Balaban J connectivity index is 2.93. The molecular formula is C9H7ClO. The number of rotatable bonds is 0. The first-order chi connectivity index (χ1) is 5.29. The highest BCUT2D eigenvalue weighted by Gasteiger charge is 2.03. The van der Waals surface area contributed by atoms with E-state index in [9.17, 15) is 0 Å². The van der Waals surface area contributed by atoms with E-state index in [1.165, 1.54) is 0 Å². The largest absolute Gasteiger partial charge is 0.463 e. The van der Waals surface area contributed by atoms with Crippen LogP contribution in [0.4, 0.5) is 0 Å². The summed E-state index contributed by atoms with van der Waals surface area (Å²) in [6.45, 7) is 1.96. The van der Waals surface area contributed by atoms with Crippen molar-refractivity contribution in [2.24, 2.45) is 0 Å². The molecule has 0 N–H and O–H groups in total. The maximum absolute atomic E-state index is 5.97. The number of hydrogen-bond acceptors (Lipinski definition) is 1. The molecule has 1 heterocycles. The van der Waals surface area contributed by atoms with Gasteiger partial charge in [-0.05, 0) is 18.6 Å². The molecule has 0 fully saturated rings. The SMILES string of the molecule is Cc1ccc2ccoc2c1Cl. The number of benzene rings is 1. The van der Waals surface area contributed by atoms with Crippen LogP contribution in [0.1, 0.15) is 5.56 Å². The van der Waals surface area contributed by atoms with Crippen molar-refractivity contribution in [3.05, 3.63) is 35.0 Å². The predicted molar refractivity (Wildman–Crippen MR) is 46.0 cm³/mol. The van der Waals surface area contributed by atoms with Crippen molar-refractivity contribution in [2.75, 3.05) is 0 Å². The van der Waals surface area contributed by atoms with Gasteiger partial charge in [-0.2, -0.15) is 0 Å². The molecule has 1 nitrogen and oxygen atoms in total. The second-order valence-corrected chi connectivity index (χ2v) is 2.91. The molecular weight excluding hydrogens is 160 g/mol. The first-order valence-electron chi connectivity index (χ1n) is 3.41. The van der Waals surface area contributed by atoms with Gasteiger partial charge in [0, 0.05) is 5.39 Å². The Hall–Kier alpha value is -0.950. The Morgan fingerprint density at radius 3 is 2.91 bits per heavy atom. The van der Waals surface area contributed by atoms with Gasteiger partial charge in [0.15, 0.2) is 5.58 Å². The molecule has 0 bridgehead atoms. The molecule has 56 valence electrons. The zero-order chi connectivity index (χ0) is 7.84. The molecule has 1 aromatic carbocycles. The number of fused-ring (bicyclic) bond motifs is 1. The number of halogens is 1. The maximum atomic E-state index is 5.97. The average Bonchev–Trinajstić information content (AvgIpc) is 2.45. The van der Waals surface area contributed by atoms with Crippen LogP contribution in [0.2, 0.25) is 5.02 Å². The van der Waals surface area contributed by atoms with E-state index in [-0.39, 0.29) is 0 Å². The van der Waals surface area contributed by atoms with Crippen molar-refractivity contribution in [2.45, 2.75) is 6.92 Å². The van der Waals surface area contributed by atoms with Gasteiger partial charge < -0.3 is 4.42 Å². The Labute approximate surface area is 69.6 Å². The zero-order valence-electron chi connectivity index (χ0n) is 6.10. The Bertz CT molecular complexity index is 389. The van der Waals surface area contributed by atoms with Gasteiger partial charge in [-0.25, -0.2) is 0 Å². The lowest BCUT2D eigenvalue weighted by molar-refractivity contribution is 0.615. The van der Waals surface area contributed by atoms with Crippen LogP contribution in [0.25, 0.3) is 11.0 Å². The molecule has 0 aliphatic heterocycles. The quantitative estimate of drug-likeness (QED) is 0.585. The summed E-state index contributed by atoms with van der Waals surface area (Å²) in [5, 5.41) is 1.77. The minimum absolute atomic E-state index is 0.715. The third kappa shape index (κ3) is 0.925. The number of furan rings is 1. The lowest BCUT2D eigenvalue weighted by Gasteiger charge is -1.95. The molecule has 0 amide bonds. The Morgan fingerprint density at radius 1 is 1.27 bits per heavy atom. The minimum atomic E-state index is 0.715. The van der Waals surface area contributed by atoms with E-state index in [2.05, 4.69) is 0 Å². The highest BCUT2D eigenvalue weighted by Crippen LogP contribution is 2.27. The fraction of sp³-hybridized carbons (Fsp3) is 0.111. The summed E-state index contributed by atoms with van der Waals surface area (Å²) in [5.74, 6) is 0. The molecule has 2 rings (SSSR count).